The molecule has 0 heterocycles. The molecule has 6 nitrogen and oxygen atoms in total. The van der Waals surface area contributed by atoms with Gasteiger partial charge in [0.15, 0.2) is 0 Å². The standard InChI is InChI=1S/C14H24N2O4/c1-2-3-9-20-10-8-15-14(19)16-12-6-4-11(5-7-12)13(17)18/h2,11-12H,1,3-10H2,(H,17,18)(H2,15,16,19). The first-order chi connectivity index (χ1) is 9.63. The lowest BCUT2D eigenvalue weighted by atomic mass is 9.86. The van der Waals surface area contributed by atoms with E-state index >= 15 is 0 Å². The molecular formula is C14H24N2O4. The van der Waals surface area contributed by atoms with Crippen molar-refractivity contribution in [1.29, 1.82) is 0 Å². The molecular weight excluding hydrogens is 260 g/mol. The maximum Gasteiger partial charge on any atom is 0.315 e. The molecule has 0 spiro atoms. The van der Waals surface area contributed by atoms with E-state index in [1.165, 1.54) is 0 Å². The molecule has 0 saturated heterocycles. The molecule has 6 heteroatoms. The number of ether oxygens (including phenoxy) is 1. The average molecular weight is 284 g/mol. The molecule has 0 aromatic carbocycles. The van der Waals surface area contributed by atoms with Crippen molar-refractivity contribution in [3.8, 4) is 0 Å². The molecule has 1 rings (SSSR count). The molecule has 1 saturated carbocycles. The van der Waals surface area contributed by atoms with Crippen molar-refractivity contribution >= 4 is 12.0 Å². The number of hydrogen-bond donors (Lipinski definition) is 3. The van der Waals surface area contributed by atoms with Crippen LogP contribution in [0.25, 0.3) is 0 Å². The van der Waals surface area contributed by atoms with Crippen LogP contribution in [-0.4, -0.2) is 42.9 Å². The minimum Gasteiger partial charge on any atom is -0.481 e. The summed E-state index contributed by atoms with van der Waals surface area (Å²) in [6.45, 7) is 5.15. The van der Waals surface area contributed by atoms with Gasteiger partial charge in [-0.1, -0.05) is 6.08 Å². The van der Waals surface area contributed by atoms with E-state index < -0.39 is 5.97 Å². The highest BCUT2D eigenvalue weighted by Crippen LogP contribution is 2.24. The quantitative estimate of drug-likeness (QED) is 0.466. The van der Waals surface area contributed by atoms with Crippen LogP contribution in [0, 0.1) is 5.92 Å². The number of aliphatic carboxylic acids is 1. The predicted octanol–water partition coefficient (Wildman–Crippen LogP) is 1.52. The average Bonchev–Trinajstić information content (AvgIpc) is 2.43. The Morgan fingerprint density at radius 1 is 1.25 bits per heavy atom. The van der Waals surface area contributed by atoms with Crippen LogP contribution in [0.1, 0.15) is 32.1 Å². The topological polar surface area (TPSA) is 87.7 Å². The van der Waals surface area contributed by atoms with Gasteiger partial charge in [0.25, 0.3) is 0 Å². The van der Waals surface area contributed by atoms with Crippen molar-refractivity contribution in [2.45, 2.75) is 38.1 Å². The van der Waals surface area contributed by atoms with E-state index in [0.29, 0.717) is 32.6 Å². The molecule has 0 radical (unpaired) electrons. The zero-order valence-corrected chi connectivity index (χ0v) is 11.8. The van der Waals surface area contributed by atoms with E-state index in [9.17, 15) is 9.59 Å². The van der Waals surface area contributed by atoms with Crippen LogP contribution < -0.4 is 10.6 Å². The highest BCUT2D eigenvalue weighted by Gasteiger charge is 2.26. The number of carboxylic acid groups (broad SMARTS) is 1. The van der Waals surface area contributed by atoms with E-state index in [1.807, 2.05) is 0 Å². The zero-order valence-electron chi connectivity index (χ0n) is 11.8. The first-order valence-corrected chi connectivity index (χ1v) is 7.09. The van der Waals surface area contributed by atoms with Crippen molar-refractivity contribution in [1.82, 2.24) is 10.6 Å². The summed E-state index contributed by atoms with van der Waals surface area (Å²) >= 11 is 0. The molecule has 20 heavy (non-hydrogen) atoms. The van der Waals surface area contributed by atoms with E-state index in [1.54, 1.807) is 6.08 Å². The largest absolute Gasteiger partial charge is 0.481 e. The van der Waals surface area contributed by atoms with Crippen LogP contribution in [-0.2, 0) is 9.53 Å². The van der Waals surface area contributed by atoms with Gasteiger partial charge in [-0.3, -0.25) is 4.79 Å². The summed E-state index contributed by atoms with van der Waals surface area (Å²) in [5, 5.41) is 14.5. The van der Waals surface area contributed by atoms with Gasteiger partial charge in [-0.2, -0.15) is 0 Å². The molecule has 0 atom stereocenters. The number of urea groups is 1. The Balaban J connectivity index is 2.05. The van der Waals surface area contributed by atoms with Crippen molar-refractivity contribution < 1.29 is 19.4 Å². The number of nitrogens with one attached hydrogen (secondary N) is 2. The van der Waals surface area contributed by atoms with E-state index in [2.05, 4.69) is 17.2 Å². The summed E-state index contributed by atoms with van der Waals surface area (Å²) in [6.07, 6.45) is 5.29. The first-order valence-electron chi connectivity index (χ1n) is 7.09. The SMILES string of the molecule is C=CCCOCCNC(=O)NC1CCC(C(=O)O)CC1. The minimum atomic E-state index is -0.732. The highest BCUT2D eigenvalue weighted by molar-refractivity contribution is 5.74. The Labute approximate surface area is 119 Å². The van der Waals surface area contributed by atoms with Crippen molar-refractivity contribution in [2.75, 3.05) is 19.8 Å². The summed E-state index contributed by atoms with van der Waals surface area (Å²) in [4.78, 5) is 22.4. The van der Waals surface area contributed by atoms with E-state index in [0.717, 1.165) is 19.3 Å². The monoisotopic (exact) mass is 284 g/mol. The summed E-state index contributed by atoms with van der Waals surface area (Å²) in [5.74, 6) is -0.987. The molecule has 0 aromatic heterocycles. The van der Waals surface area contributed by atoms with Crippen LogP contribution in [0.15, 0.2) is 12.7 Å². The third kappa shape index (κ3) is 6.56. The molecule has 3 N–H and O–H groups in total. The van der Waals surface area contributed by atoms with Gasteiger partial charge in [-0.05, 0) is 32.1 Å². The molecule has 2 amide bonds. The van der Waals surface area contributed by atoms with Crippen LogP contribution >= 0.6 is 0 Å². The van der Waals surface area contributed by atoms with Gasteiger partial charge in [0.1, 0.15) is 0 Å². The number of carbonyl (C=O) groups is 2. The Morgan fingerprint density at radius 3 is 2.55 bits per heavy atom. The Bertz CT molecular complexity index is 325. The van der Waals surface area contributed by atoms with Gasteiger partial charge < -0.3 is 20.5 Å². The summed E-state index contributed by atoms with van der Waals surface area (Å²) in [7, 11) is 0. The normalized spacial score (nSPS) is 22.0. The summed E-state index contributed by atoms with van der Waals surface area (Å²) in [6, 6.07) is -0.136. The molecule has 0 aromatic rings. The van der Waals surface area contributed by atoms with Crippen molar-refractivity contribution in [3.63, 3.8) is 0 Å². The Morgan fingerprint density at radius 2 is 1.95 bits per heavy atom. The van der Waals surface area contributed by atoms with Gasteiger partial charge in [-0.25, -0.2) is 4.79 Å². The lowest BCUT2D eigenvalue weighted by Gasteiger charge is -2.26. The second-order valence-electron chi connectivity index (χ2n) is 4.98. The summed E-state index contributed by atoms with van der Waals surface area (Å²) in [5.41, 5.74) is 0. The van der Waals surface area contributed by atoms with Crippen LogP contribution in [0.4, 0.5) is 4.79 Å². The molecule has 0 unspecified atom stereocenters. The molecule has 1 fully saturated rings. The van der Waals surface area contributed by atoms with Crippen LogP contribution in [0.5, 0.6) is 0 Å². The molecule has 1 aliphatic rings. The fourth-order valence-corrected chi connectivity index (χ4v) is 2.23. The predicted molar refractivity (Wildman–Crippen MR) is 75.5 cm³/mol. The lowest BCUT2D eigenvalue weighted by molar-refractivity contribution is -0.142. The molecule has 114 valence electrons. The summed E-state index contributed by atoms with van der Waals surface area (Å²) < 4.78 is 5.28. The Kier molecular flexibility index (Phi) is 7.72. The lowest BCUT2D eigenvalue weighted by Crippen LogP contribution is -2.45. The first kappa shape index (κ1) is 16.5. The van der Waals surface area contributed by atoms with E-state index in [4.69, 9.17) is 9.84 Å². The van der Waals surface area contributed by atoms with Gasteiger partial charge >= 0.3 is 12.0 Å². The van der Waals surface area contributed by atoms with Crippen molar-refractivity contribution in [3.05, 3.63) is 12.7 Å². The third-order valence-corrected chi connectivity index (χ3v) is 3.41. The van der Waals surface area contributed by atoms with E-state index in [-0.39, 0.29) is 18.0 Å². The second kappa shape index (κ2) is 9.36. The highest BCUT2D eigenvalue weighted by atomic mass is 16.5. The number of hydrogen-bond acceptors (Lipinski definition) is 3. The smallest absolute Gasteiger partial charge is 0.315 e. The van der Waals surface area contributed by atoms with Gasteiger partial charge in [0.2, 0.25) is 0 Å². The number of rotatable bonds is 8. The van der Waals surface area contributed by atoms with Gasteiger partial charge in [0.05, 0.1) is 19.1 Å². The number of amides is 2. The van der Waals surface area contributed by atoms with Gasteiger partial charge in [-0.15, -0.1) is 6.58 Å². The molecule has 1 aliphatic carbocycles. The fourth-order valence-electron chi connectivity index (χ4n) is 2.23. The maximum absolute atomic E-state index is 11.6. The number of carboxylic acids is 1. The molecule has 0 aliphatic heterocycles. The maximum atomic E-state index is 11.6. The fraction of sp³-hybridized carbons (Fsp3) is 0.714. The minimum absolute atomic E-state index is 0.0762. The zero-order chi connectivity index (χ0) is 14.8. The number of carbonyl (C=O) groups excluding carboxylic acids is 1. The van der Waals surface area contributed by atoms with Crippen LogP contribution in [0.2, 0.25) is 0 Å². The molecule has 0 bridgehead atoms. The second-order valence-corrected chi connectivity index (χ2v) is 4.98. The van der Waals surface area contributed by atoms with Gasteiger partial charge in [0, 0.05) is 12.6 Å². The Hall–Kier alpha value is -1.56. The van der Waals surface area contributed by atoms with Crippen LogP contribution in [0.3, 0.4) is 0 Å². The third-order valence-electron chi connectivity index (χ3n) is 3.41. The van der Waals surface area contributed by atoms with Crippen molar-refractivity contribution in [2.24, 2.45) is 5.92 Å².